The number of carboxylic acids is 1. The Bertz CT molecular complexity index is 506. The molecule has 0 bridgehead atoms. The number of hydrogen-bond donors (Lipinski definition) is 2. The lowest BCUT2D eigenvalue weighted by Gasteiger charge is -2.17. The van der Waals surface area contributed by atoms with Crippen LogP contribution in [0.2, 0.25) is 0 Å². The molecule has 0 aliphatic rings. The molecule has 0 aliphatic heterocycles. The molecule has 1 heterocycles. The number of nitrogens with one attached hydrogen (secondary N) is 1. The molecule has 0 amide bonds. The molecule has 0 radical (unpaired) electrons. The van der Waals surface area contributed by atoms with Gasteiger partial charge in [-0.3, -0.25) is 5.10 Å². The number of aromatic carboxylic acids is 1. The van der Waals surface area contributed by atoms with E-state index in [2.05, 4.69) is 5.10 Å². The topological polar surface area (TPSA) is 66.0 Å². The molecule has 1 rings (SSSR count). The quantitative estimate of drug-likeness (QED) is 0.843. The Kier molecular flexibility index (Phi) is 3.97. The fraction of sp³-hybridized carbons (Fsp3) is 0.500. The molecule has 20 heavy (non-hydrogen) atoms. The van der Waals surface area contributed by atoms with Gasteiger partial charge in [-0.25, -0.2) is 13.6 Å². The zero-order valence-corrected chi connectivity index (χ0v) is 8.98. The first-order valence-corrected chi connectivity index (χ1v) is 4.61. The summed E-state index contributed by atoms with van der Waals surface area (Å²) in [5.74, 6) is -2.23. The van der Waals surface area contributed by atoms with Gasteiger partial charge in [-0.1, -0.05) is 0 Å². The summed E-state index contributed by atoms with van der Waals surface area (Å²) in [6, 6.07) is 0. The molecule has 0 aliphatic carbocycles. The van der Waals surface area contributed by atoms with Crippen LogP contribution in [-0.4, -0.2) is 33.6 Å². The van der Waals surface area contributed by atoms with Crippen molar-refractivity contribution in [3.8, 4) is 0 Å². The molecule has 4 nitrogen and oxygen atoms in total. The Hall–Kier alpha value is -1.88. The predicted octanol–water partition coefficient (Wildman–Crippen LogP) is 3.04. The SMILES string of the molecule is O=C(O)c1[nH]nc(C(F)C(F)C(F)(F)F)c1C(F)(F)F. The van der Waals surface area contributed by atoms with E-state index in [-0.39, 0.29) is 0 Å². The van der Waals surface area contributed by atoms with Crippen LogP contribution in [0.3, 0.4) is 0 Å². The van der Waals surface area contributed by atoms with E-state index in [9.17, 15) is 39.9 Å². The molecule has 0 saturated carbocycles. The van der Waals surface area contributed by atoms with E-state index >= 15 is 0 Å². The molecule has 2 unspecified atom stereocenters. The van der Waals surface area contributed by atoms with Crippen LogP contribution in [0.15, 0.2) is 0 Å². The number of aromatic amines is 1. The number of rotatable bonds is 3. The fourth-order valence-electron chi connectivity index (χ4n) is 1.30. The van der Waals surface area contributed by atoms with Gasteiger partial charge >= 0.3 is 18.3 Å². The number of carboxylic acid groups (broad SMARTS) is 1. The zero-order valence-electron chi connectivity index (χ0n) is 8.98. The molecule has 0 spiro atoms. The van der Waals surface area contributed by atoms with E-state index in [4.69, 9.17) is 5.11 Å². The lowest BCUT2D eigenvalue weighted by atomic mass is 10.1. The number of halogens is 8. The highest BCUT2D eigenvalue weighted by atomic mass is 19.4. The number of alkyl halides is 8. The van der Waals surface area contributed by atoms with E-state index in [1.165, 1.54) is 5.10 Å². The van der Waals surface area contributed by atoms with E-state index in [0.717, 1.165) is 0 Å². The second kappa shape index (κ2) is 4.90. The number of nitrogens with zero attached hydrogens (tertiary/aromatic N) is 1. The monoisotopic (exact) mass is 312 g/mol. The van der Waals surface area contributed by atoms with Gasteiger partial charge in [0.1, 0.15) is 11.3 Å². The Morgan fingerprint density at radius 1 is 1.15 bits per heavy atom. The average molecular weight is 312 g/mol. The van der Waals surface area contributed by atoms with Gasteiger partial charge in [0, 0.05) is 0 Å². The first-order chi connectivity index (χ1) is 8.87. The lowest BCUT2D eigenvalue weighted by molar-refractivity contribution is -0.198. The third-order valence-corrected chi connectivity index (χ3v) is 2.12. The molecule has 1 aromatic heterocycles. The van der Waals surface area contributed by atoms with Crippen molar-refractivity contribution in [2.45, 2.75) is 24.7 Å². The number of aromatic nitrogens is 2. The summed E-state index contributed by atoms with van der Waals surface area (Å²) in [5, 5.41) is 12.1. The van der Waals surface area contributed by atoms with Crippen LogP contribution >= 0.6 is 0 Å². The van der Waals surface area contributed by atoms with E-state index < -0.39 is 47.6 Å². The van der Waals surface area contributed by atoms with Crippen molar-refractivity contribution in [3.63, 3.8) is 0 Å². The predicted molar refractivity (Wildman–Crippen MR) is 45.3 cm³/mol. The molecule has 0 fully saturated rings. The Labute approximate surface area is 104 Å². The molecule has 0 aromatic carbocycles. The summed E-state index contributed by atoms with van der Waals surface area (Å²) in [7, 11) is 0. The Morgan fingerprint density at radius 2 is 1.65 bits per heavy atom. The van der Waals surface area contributed by atoms with Crippen LogP contribution in [-0.2, 0) is 6.18 Å². The number of H-pyrrole nitrogens is 1. The maximum atomic E-state index is 13.2. The standard InChI is InChI=1S/C8H4F8N2O2/c9-2(5(10)8(14,15)16)3-1(7(11,12)13)4(6(19)20)18-17-3/h2,5H,(H,17,18)(H,19,20). The van der Waals surface area contributed by atoms with E-state index in [0.29, 0.717) is 0 Å². The summed E-state index contributed by atoms with van der Waals surface area (Å²) in [4.78, 5) is 10.5. The first kappa shape index (κ1) is 16.2. The van der Waals surface area contributed by atoms with Crippen LogP contribution in [0.4, 0.5) is 35.1 Å². The Morgan fingerprint density at radius 3 is 2.00 bits per heavy atom. The Balaban J connectivity index is 3.36. The minimum Gasteiger partial charge on any atom is -0.477 e. The van der Waals surface area contributed by atoms with Crippen LogP contribution in [0, 0.1) is 0 Å². The summed E-state index contributed by atoms with van der Waals surface area (Å²) in [6.07, 6.45) is -19.4. The lowest BCUT2D eigenvalue weighted by Crippen LogP contribution is -2.30. The number of hydrogen-bond acceptors (Lipinski definition) is 2. The van der Waals surface area contributed by atoms with Gasteiger partial charge in [0.05, 0.1) is 0 Å². The molecule has 2 N–H and O–H groups in total. The number of carbonyl (C=O) groups is 1. The van der Waals surface area contributed by atoms with Crippen molar-refractivity contribution in [2.24, 2.45) is 0 Å². The molecular weight excluding hydrogens is 308 g/mol. The normalized spacial score (nSPS) is 16.0. The van der Waals surface area contributed by atoms with Crippen molar-refractivity contribution in [1.29, 1.82) is 0 Å². The van der Waals surface area contributed by atoms with Crippen molar-refractivity contribution < 1.29 is 45.0 Å². The van der Waals surface area contributed by atoms with Crippen LogP contribution in [0.5, 0.6) is 0 Å². The molecule has 1 aromatic rings. The molecule has 0 saturated heterocycles. The van der Waals surface area contributed by atoms with Gasteiger partial charge in [0.15, 0.2) is 11.9 Å². The first-order valence-electron chi connectivity index (χ1n) is 4.61. The minimum absolute atomic E-state index is 1.22. The highest BCUT2D eigenvalue weighted by molar-refractivity contribution is 5.87. The van der Waals surface area contributed by atoms with Crippen molar-refractivity contribution >= 4 is 5.97 Å². The van der Waals surface area contributed by atoms with Gasteiger partial charge in [-0.2, -0.15) is 31.4 Å². The molecular formula is C8H4F8N2O2. The molecule has 2 atom stereocenters. The van der Waals surface area contributed by atoms with Gasteiger partial charge in [0.25, 0.3) is 0 Å². The van der Waals surface area contributed by atoms with E-state index in [1.807, 2.05) is 0 Å². The highest BCUT2D eigenvalue weighted by Gasteiger charge is 2.51. The summed E-state index contributed by atoms with van der Waals surface area (Å²) < 4.78 is 99.3. The summed E-state index contributed by atoms with van der Waals surface area (Å²) >= 11 is 0. The third-order valence-electron chi connectivity index (χ3n) is 2.12. The van der Waals surface area contributed by atoms with Crippen LogP contribution in [0.1, 0.15) is 27.9 Å². The second-order valence-corrected chi connectivity index (χ2v) is 3.51. The van der Waals surface area contributed by atoms with Gasteiger partial charge in [0.2, 0.25) is 6.17 Å². The van der Waals surface area contributed by atoms with Gasteiger partial charge in [-0.15, -0.1) is 0 Å². The van der Waals surface area contributed by atoms with Crippen LogP contribution in [0.25, 0.3) is 0 Å². The fourth-order valence-corrected chi connectivity index (χ4v) is 1.30. The second-order valence-electron chi connectivity index (χ2n) is 3.51. The highest BCUT2D eigenvalue weighted by Crippen LogP contribution is 2.41. The average Bonchev–Trinajstić information content (AvgIpc) is 2.69. The molecule has 114 valence electrons. The van der Waals surface area contributed by atoms with E-state index in [1.54, 1.807) is 0 Å². The van der Waals surface area contributed by atoms with Gasteiger partial charge < -0.3 is 5.11 Å². The van der Waals surface area contributed by atoms with Crippen LogP contribution < -0.4 is 0 Å². The molecule has 12 heteroatoms. The largest absolute Gasteiger partial charge is 0.477 e. The minimum atomic E-state index is -5.76. The van der Waals surface area contributed by atoms with Gasteiger partial charge in [-0.05, 0) is 0 Å². The van der Waals surface area contributed by atoms with Crippen molar-refractivity contribution in [2.75, 3.05) is 0 Å². The smallest absolute Gasteiger partial charge is 0.422 e. The summed E-state index contributed by atoms with van der Waals surface area (Å²) in [5.41, 5.74) is -5.96. The maximum Gasteiger partial charge on any atom is 0.422 e. The van der Waals surface area contributed by atoms with Crippen molar-refractivity contribution in [1.82, 2.24) is 10.2 Å². The zero-order chi connectivity index (χ0) is 15.9. The third kappa shape index (κ3) is 2.99. The maximum absolute atomic E-state index is 13.2. The van der Waals surface area contributed by atoms with Crippen molar-refractivity contribution in [3.05, 3.63) is 17.0 Å². The summed E-state index contributed by atoms with van der Waals surface area (Å²) in [6.45, 7) is 0.